The summed E-state index contributed by atoms with van der Waals surface area (Å²) in [5.41, 5.74) is 8.38. The Balaban J connectivity index is 0.916. The van der Waals surface area contributed by atoms with Gasteiger partial charge in [0, 0.05) is 212 Å². The molecule has 10 aliphatic carbocycles. The van der Waals surface area contributed by atoms with Crippen LogP contribution in [0.25, 0.3) is 0 Å². The number of hydrogen-bond acceptors (Lipinski definition) is 20. The van der Waals surface area contributed by atoms with E-state index >= 15 is 0 Å². The number of rotatable bonds is 40. The van der Waals surface area contributed by atoms with Crippen LogP contribution in [0.4, 0.5) is 0 Å². The van der Waals surface area contributed by atoms with Crippen LogP contribution in [0.2, 0.25) is 0 Å². The van der Waals surface area contributed by atoms with Crippen LogP contribution in [0.5, 0.6) is 57.5 Å². The first-order chi connectivity index (χ1) is 56.9. The van der Waals surface area contributed by atoms with Crippen molar-refractivity contribution in [2.24, 2.45) is 0 Å². The maximum Gasteiger partial charge on any atom is 0.123 e. The van der Waals surface area contributed by atoms with E-state index in [4.69, 9.17) is 47.4 Å². The molecule has 5 aromatic carbocycles. The number of benzene rings is 5. The largest absolute Gasteiger partial charge is 0.491 e. The SMILES string of the molecule is c1cn(CCOc2cc3c(OCCn4ccnc4)cc2Cc2cc(OCCn4ccnc4)c(cc2OCCn2ccnc2)Cc2cc(OCCn4ccnc4)c(cc2OCCn2ccnc2)Cc2cc(OCCn4ccnc4)c(cc2OCCn2ccnc2)Cc2cc(OCCn4ccnc4)c(cc2OCCn2ccnc2)C3)cn1. The molecule has 0 aliphatic heterocycles. The molecule has 0 radical (unpaired) electrons. The molecule has 0 spiro atoms. The smallest absolute Gasteiger partial charge is 0.123 e. The van der Waals surface area contributed by atoms with Crippen molar-refractivity contribution in [3.63, 3.8) is 0 Å². The van der Waals surface area contributed by atoms with E-state index in [1.165, 1.54) is 0 Å². The van der Waals surface area contributed by atoms with E-state index in [0.29, 0.717) is 221 Å². The Labute approximate surface area is 664 Å². The number of imidazole rings is 10. The third-order valence-electron chi connectivity index (χ3n) is 19.8. The van der Waals surface area contributed by atoms with Gasteiger partial charge in [-0.05, 0) is 60.7 Å². The molecule has 30 nitrogen and oxygen atoms in total. The van der Waals surface area contributed by atoms with Crippen molar-refractivity contribution in [3.05, 3.63) is 304 Å². The summed E-state index contributed by atoms with van der Waals surface area (Å²) in [7, 11) is 0. The highest BCUT2D eigenvalue weighted by atomic mass is 16.5. The van der Waals surface area contributed by atoms with Gasteiger partial charge in [-0.15, -0.1) is 0 Å². The fourth-order valence-electron chi connectivity index (χ4n) is 13.8. The van der Waals surface area contributed by atoms with Crippen molar-refractivity contribution >= 4 is 0 Å². The summed E-state index contributed by atoms with van der Waals surface area (Å²) in [6, 6.07) is 21.2. The molecule has 10 heterocycles. The van der Waals surface area contributed by atoms with Crippen LogP contribution >= 0.6 is 0 Å². The van der Waals surface area contributed by atoms with E-state index in [9.17, 15) is 0 Å². The second-order valence-electron chi connectivity index (χ2n) is 27.7. The Bertz CT molecular complexity index is 4280. The minimum atomic E-state index is 0.306. The van der Waals surface area contributed by atoms with E-state index in [1.807, 2.05) is 108 Å². The molecule has 115 heavy (non-hydrogen) atoms. The Kier molecular flexibility index (Phi) is 24.8. The fraction of sp³-hybridized carbons (Fsp3) is 0.294. The third-order valence-corrected chi connectivity index (χ3v) is 19.8. The standard InChI is InChI=1S/C85H90N20O10/c1-11-96(56-86-1)21-31-106-76-46-67-42-69-49-81(111-36-26-101-16-6-91-61-101)71(51-80(69)110-35-25-100-15-5-90-60-100)44-73-53-85(115-40-30-105-20-10-95-65-105)75(55-84(73)114-39-29-104-19-9-94-64-104)45-74-54-82(112-37-27-102-17-7-92-62-102)72(52-83(74)113-38-28-103-18-8-93-63-103)43-70-50-78(108-33-23-98-13-3-88-58-98)68(48-79(70)109-34-24-99-14-4-89-59-99)41-66(76)47-77(67)107-32-22-97-12-2-87-57-97/h1-20,46-65H,21-45H2. The normalized spacial score (nSPS) is 12.0. The fourth-order valence-corrected chi connectivity index (χ4v) is 13.8. The third kappa shape index (κ3) is 20.7. The highest BCUT2D eigenvalue weighted by molar-refractivity contribution is 5.60. The van der Waals surface area contributed by atoms with Crippen LogP contribution in [0.1, 0.15) is 55.6 Å². The van der Waals surface area contributed by atoms with Crippen LogP contribution in [-0.4, -0.2) is 162 Å². The van der Waals surface area contributed by atoms with Crippen molar-refractivity contribution in [1.29, 1.82) is 0 Å². The van der Waals surface area contributed by atoms with Gasteiger partial charge in [0.2, 0.25) is 0 Å². The lowest BCUT2D eigenvalue weighted by atomic mass is 9.94. The first kappa shape index (κ1) is 75.2. The summed E-state index contributed by atoms with van der Waals surface area (Å²) in [6.45, 7) is 8.27. The Morgan fingerprint density at radius 3 is 0.357 bits per heavy atom. The summed E-state index contributed by atoms with van der Waals surface area (Å²) in [4.78, 5) is 43.7. The molecular weight excluding hydrogens is 1460 g/mol. The van der Waals surface area contributed by atoms with Crippen molar-refractivity contribution in [2.45, 2.75) is 97.6 Å². The summed E-state index contributed by atoms with van der Waals surface area (Å²) >= 11 is 0. The second-order valence-corrected chi connectivity index (χ2v) is 27.7. The molecule has 0 N–H and O–H groups in total. The van der Waals surface area contributed by atoms with Crippen LogP contribution < -0.4 is 47.4 Å². The minimum Gasteiger partial charge on any atom is -0.491 e. The molecule has 0 saturated heterocycles. The molecule has 0 saturated carbocycles. The summed E-state index contributed by atoms with van der Waals surface area (Å²) < 4.78 is 91.4. The molecule has 10 aromatic heterocycles. The number of aromatic nitrogens is 20. The summed E-state index contributed by atoms with van der Waals surface area (Å²) in [5, 5.41) is 0. The van der Waals surface area contributed by atoms with Gasteiger partial charge in [0.15, 0.2) is 0 Å². The number of nitrogens with zero attached hydrogens (tertiary/aromatic N) is 20. The molecule has 10 aliphatic rings. The Hall–Kier alpha value is -13.8. The van der Waals surface area contributed by atoms with E-state index in [1.54, 1.807) is 125 Å². The van der Waals surface area contributed by atoms with Crippen LogP contribution in [0.3, 0.4) is 0 Å². The monoisotopic (exact) mass is 1550 g/mol. The zero-order valence-electron chi connectivity index (χ0n) is 63.8. The molecule has 25 rings (SSSR count). The average molecular weight is 1550 g/mol. The molecule has 10 bridgehead atoms. The lowest BCUT2D eigenvalue weighted by Crippen LogP contribution is -2.13. The lowest BCUT2D eigenvalue weighted by Gasteiger charge is -2.22. The van der Waals surface area contributed by atoms with Gasteiger partial charge < -0.3 is 93.0 Å². The molecule has 15 aromatic rings. The Morgan fingerprint density at radius 1 is 0.165 bits per heavy atom. The topological polar surface area (TPSA) is 271 Å². The zero-order valence-corrected chi connectivity index (χ0v) is 63.8. The van der Waals surface area contributed by atoms with Crippen molar-refractivity contribution in [1.82, 2.24) is 95.5 Å². The zero-order chi connectivity index (χ0) is 77.4. The molecule has 0 amide bonds. The molecule has 0 fully saturated rings. The van der Waals surface area contributed by atoms with Crippen LogP contribution in [-0.2, 0) is 97.6 Å². The van der Waals surface area contributed by atoms with E-state index < -0.39 is 0 Å². The predicted octanol–water partition coefficient (Wildman–Crippen LogP) is 10.7. The Morgan fingerprint density at radius 2 is 0.270 bits per heavy atom. The van der Waals surface area contributed by atoms with Gasteiger partial charge in [0.05, 0.1) is 129 Å². The van der Waals surface area contributed by atoms with Gasteiger partial charge in [-0.3, -0.25) is 0 Å². The van der Waals surface area contributed by atoms with Crippen LogP contribution in [0, 0.1) is 0 Å². The lowest BCUT2D eigenvalue weighted by molar-refractivity contribution is 0.282. The van der Waals surface area contributed by atoms with Crippen LogP contribution in [0.15, 0.2) is 248 Å². The van der Waals surface area contributed by atoms with Crippen molar-refractivity contribution < 1.29 is 47.4 Å². The average Bonchev–Trinajstić information content (AvgIpc) is 1.77. The first-order valence-electron chi connectivity index (χ1n) is 38.6. The highest BCUT2D eigenvalue weighted by Crippen LogP contribution is 2.44. The summed E-state index contributed by atoms with van der Waals surface area (Å²) in [6.07, 6.45) is 56.6. The number of hydrogen-bond donors (Lipinski definition) is 0. The van der Waals surface area contributed by atoms with E-state index in [2.05, 4.69) is 111 Å². The maximum absolute atomic E-state index is 7.13. The minimum absolute atomic E-state index is 0.306. The van der Waals surface area contributed by atoms with Gasteiger partial charge in [0.25, 0.3) is 0 Å². The van der Waals surface area contributed by atoms with Gasteiger partial charge in [0.1, 0.15) is 124 Å². The molecule has 0 atom stereocenters. The maximum atomic E-state index is 7.13. The summed E-state index contributed by atoms with van der Waals surface area (Å²) in [5.74, 6) is 6.39. The molecule has 30 heteroatoms. The van der Waals surface area contributed by atoms with Gasteiger partial charge in [-0.2, -0.15) is 0 Å². The molecule has 590 valence electrons. The van der Waals surface area contributed by atoms with Gasteiger partial charge in [-0.1, -0.05) is 0 Å². The first-order valence-corrected chi connectivity index (χ1v) is 38.6. The van der Waals surface area contributed by atoms with Gasteiger partial charge in [-0.25, -0.2) is 49.8 Å². The van der Waals surface area contributed by atoms with Crippen molar-refractivity contribution in [2.75, 3.05) is 66.1 Å². The molecular formula is C85H90N20O10. The highest BCUT2D eigenvalue weighted by Gasteiger charge is 2.26. The quantitative estimate of drug-likeness (QED) is 0.0345. The van der Waals surface area contributed by atoms with Gasteiger partial charge >= 0.3 is 0 Å². The number of ether oxygens (including phenoxy) is 10. The predicted molar refractivity (Wildman–Crippen MR) is 423 cm³/mol. The van der Waals surface area contributed by atoms with E-state index in [0.717, 1.165) is 55.6 Å². The van der Waals surface area contributed by atoms with E-state index in [-0.39, 0.29) is 0 Å². The molecule has 0 unspecified atom stereocenters. The van der Waals surface area contributed by atoms with Crippen molar-refractivity contribution in [3.8, 4) is 57.5 Å². The second kappa shape index (κ2) is 37.9.